The molecule has 0 N–H and O–H groups in total. The molecule has 0 saturated heterocycles. The van der Waals surface area contributed by atoms with Crippen LogP contribution in [0, 0.1) is 6.92 Å². The Hall–Kier alpha value is -2.00. The van der Waals surface area contributed by atoms with Crippen molar-refractivity contribution in [3.05, 3.63) is 57.7 Å². The van der Waals surface area contributed by atoms with Gasteiger partial charge in [-0.2, -0.15) is 26.3 Å². The molecule has 0 aliphatic carbocycles. The molecule has 0 spiro atoms. The van der Waals surface area contributed by atoms with E-state index in [1.807, 2.05) is 0 Å². The van der Waals surface area contributed by atoms with Crippen LogP contribution < -0.4 is 0 Å². The summed E-state index contributed by atoms with van der Waals surface area (Å²) in [6.45, 7) is 1.71. The van der Waals surface area contributed by atoms with E-state index in [4.69, 9.17) is 23.2 Å². The smallest absolute Gasteiger partial charge is 0.283 e. The molecule has 0 radical (unpaired) electrons. The third kappa shape index (κ3) is 3.23. The zero-order valence-corrected chi connectivity index (χ0v) is 14.8. The summed E-state index contributed by atoms with van der Waals surface area (Å²) in [4.78, 5) is 6.82. The first-order valence-electron chi connectivity index (χ1n) is 7.30. The van der Waals surface area contributed by atoms with E-state index >= 15 is 0 Å². The van der Waals surface area contributed by atoms with Gasteiger partial charge >= 0.3 is 18.0 Å². The van der Waals surface area contributed by atoms with E-state index in [1.165, 1.54) is 24.3 Å². The summed E-state index contributed by atoms with van der Waals surface area (Å²) in [7, 11) is 0. The zero-order valence-electron chi connectivity index (χ0n) is 13.3. The number of halogens is 8. The molecule has 0 aromatic heterocycles. The van der Waals surface area contributed by atoms with E-state index in [1.54, 1.807) is 6.92 Å². The lowest BCUT2D eigenvalue weighted by atomic mass is 10.1. The van der Waals surface area contributed by atoms with Crippen LogP contribution in [-0.4, -0.2) is 34.6 Å². The average Bonchev–Trinajstić information content (AvgIpc) is 2.52. The third-order valence-corrected chi connectivity index (χ3v) is 4.31. The number of amidine groups is 2. The number of rotatable bonds is 1. The van der Waals surface area contributed by atoms with Crippen molar-refractivity contribution in [2.75, 3.05) is 0 Å². The van der Waals surface area contributed by atoms with Crippen molar-refractivity contribution < 1.29 is 26.3 Å². The molecule has 1 aromatic carbocycles. The van der Waals surface area contributed by atoms with Gasteiger partial charge in [0.2, 0.25) is 0 Å². The molecule has 2 heterocycles. The van der Waals surface area contributed by atoms with Crippen LogP contribution in [0.4, 0.5) is 26.3 Å². The maximum Gasteiger partial charge on any atom is 0.443 e. The van der Waals surface area contributed by atoms with Crippen LogP contribution in [0.1, 0.15) is 11.1 Å². The van der Waals surface area contributed by atoms with Gasteiger partial charge in [-0.05, 0) is 13.0 Å². The molecule has 0 bridgehead atoms. The zero-order chi connectivity index (χ0) is 20.2. The van der Waals surface area contributed by atoms with Crippen LogP contribution in [0.15, 0.2) is 56.6 Å². The van der Waals surface area contributed by atoms with Crippen molar-refractivity contribution in [1.29, 1.82) is 0 Å². The van der Waals surface area contributed by atoms with E-state index < -0.39 is 34.7 Å². The topological polar surface area (TPSA) is 28.0 Å². The lowest BCUT2D eigenvalue weighted by Gasteiger charge is -2.39. The van der Waals surface area contributed by atoms with Crippen molar-refractivity contribution in [2.45, 2.75) is 24.9 Å². The number of alkyl halides is 6. The van der Waals surface area contributed by atoms with E-state index in [-0.39, 0.29) is 10.6 Å². The SMILES string of the molecule is Cc1ccc(C2=NC(C(F)(F)F)(C(F)(F)F)N=C3C(Cl)=CC(Cl)=CN32)cc1. The monoisotopic (exact) mass is 427 g/mol. The highest BCUT2D eigenvalue weighted by molar-refractivity contribution is 6.47. The number of aliphatic imine (C=N–C) groups is 2. The molecule has 3 nitrogen and oxygen atoms in total. The van der Waals surface area contributed by atoms with Crippen LogP contribution in [0.25, 0.3) is 0 Å². The highest BCUT2D eigenvalue weighted by atomic mass is 35.5. The summed E-state index contributed by atoms with van der Waals surface area (Å²) in [5, 5.41) is -0.481. The highest BCUT2D eigenvalue weighted by Gasteiger charge is 2.74. The van der Waals surface area contributed by atoms with Gasteiger partial charge in [0.25, 0.3) is 0 Å². The molecule has 2 aliphatic rings. The van der Waals surface area contributed by atoms with Gasteiger partial charge in [0.1, 0.15) is 5.84 Å². The Morgan fingerprint density at radius 2 is 1.41 bits per heavy atom. The molecule has 144 valence electrons. The lowest BCUT2D eigenvalue weighted by molar-refractivity contribution is -0.292. The minimum atomic E-state index is -5.84. The summed E-state index contributed by atoms with van der Waals surface area (Å²) < 4.78 is 81.3. The Bertz CT molecular complexity index is 880. The second-order valence-electron chi connectivity index (χ2n) is 5.78. The van der Waals surface area contributed by atoms with E-state index in [0.29, 0.717) is 0 Å². The van der Waals surface area contributed by atoms with Gasteiger partial charge in [0.05, 0.1) is 10.1 Å². The Morgan fingerprint density at radius 3 is 1.93 bits per heavy atom. The van der Waals surface area contributed by atoms with Crippen molar-refractivity contribution in [3.8, 4) is 0 Å². The van der Waals surface area contributed by atoms with Crippen LogP contribution in [0.2, 0.25) is 0 Å². The summed E-state index contributed by atoms with van der Waals surface area (Å²) in [5.74, 6) is -1.37. The van der Waals surface area contributed by atoms with Crippen molar-refractivity contribution >= 4 is 34.9 Å². The number of hydrogen-bond acceptors (Lipinski definition) is 3. The standard InChI is InChI=1S/C16H9Cl2F6N3/c1-8-2-4-9(5-3-8)12-25-14(15(19,20)21,16(22,23)24)26-13-11(18)6-10(17)7-27(12)13/h2-7H,1H3. The number of hydrogen-bond donors (Lipinski definition) is 0. The molecule has 11 heteroatoms. The first-order chi connectivity index (χ1) is 12.4. The Morgan fingerprint density at radius 1 is 0.889 bits per heavy atom. The Labute approximate surface area is 159 Å². The van der Waals surface area contributed by atoms with Crippen LogP contribution in [0.3, 0.4) is 0 Å². The molecule has 2 aliphatic heterocycles. The minimum Gasteiger partial charge on any atom is -0.283 e. The predicted octanol–water partition coefficient (Wildman–Crippen LogP) is 5.49. The van der Waals surface area contributed by atoms with Crippen LogP contribution in [0.5, 0.6) is 0 Å². The normalized spacial score (nSPS) is 19.7. The van der Waals surface area contributed by atoms with Crippen LogP contribution in [-0.2, 0) is 0 Å². The first kappa shape index (κ1) is 19.8. The lowest BCUT2D eigenvalue weighted by Crippen LogP contribution is -2.59. The fourth-order valence-corrected chi connectivity index (χ4v) is 3.01. The Kier molecular flexibility index (Phi) is 4.59. The number of aryl methyl sites for hydroxylation is 1. The van der Waals surface area contributed by atoms with Gasteiger partial charge in [0, 0.05) is 11.8 Å². The molecule has 3 rings (SSSR count). The fraction of sp³-hybridized carbons (Fsp3) is 0.250. The van der Waals surface area contributed by atoms with Gasteiger partial charge in [-0.15, -0.1) is 0 Å². The molecule has 0 atom stereocenters. The Balaban J connectivity index is 2.33. The quantitative estimate of drug-likeness (QED) is 0.544. The van der Waals surface area contributed by atoms with Crippen molar-refractivity contribution in [2.24, 2.45) is 9.98 Å². The van der Waals surface area contributed by atoms with E-state index in [2.05, 4.69) is 9.98 Å². The maximum atomic E-state index is 13.6. The van der Waals surface area contributed by atoms with E-state index in [0.717, 1.165) is 22.7 Å². The van der Waals surface area contributed by atoms with Crippen LogP contribution >= 0.6 is 23.2 Å². The number of benzene rings is 1. The van der Waals surface area contributed by atoms with Crippen molar-refractivity contribution in [1.82, 2.24) is 4.90 Å². The largest absolute Gasteiger partial charge is 0.443 e. The molecule has 0 unspecified atom stereocenters. The number of nitrogens with zero attached hydrogens (tertiary/aromatic N) is 3. The molecule has 0 amide bonds. The second-order valence-corrected chi connectivity index (χ2v) is 6.62. The predicted molar refractivity (Wildman–Crippen MR) is 89.7 cm³/mol. The summed E-state index contributed by atoms with van der Waals surface area (Å²) >= 11 is 11.7. The maximum absolute atomic E-state index is 13.6. The van der Waals surface area contributed by atoms with Gasteiger partial charge in [-0.3, -0.25) is 4.90 Å². The molecular formula is C16H9Cl2F6N3. The summed E-state index contributed by atoms with van der Waals surface area (Å²) in [6, 6.07) is 5.75. The summed E-state index contributed by atoms with van der Waals surface area (Å²) in [5.41, 5.74) is -3.91. The van der Waals surface area contributed by atoms with Crippen molar-refractivity contribution in [3.63, 3.8) is 0 Å². The van der Waals surface area contributed by atoms with Gasteiger partial charge < -0.3 is 0 Å². The highest BCUT2D eigenvalue weighted by Crippen LogP contribution is 2.50. The van der Waals surface area contributed by atoms with E-state index in [9.17, 15) is 26.3 Å². The summed E-state index contributed by atoms with van der Waals surface area (Å²) in [6.07, 6.45) is -9.58. The third-order valence-electron chi connectivity index (χ3n) is 3.82. The number of fused-ring (bicyclic) bond motifs is 1. The van der Waals surface area contributed by atoms with Gasteiger partial charge in [-0.1, -0.05) is 53.0 Å². The first-order valence-corrected chi connectivity index (χ1v) is 8.06. The minimum absolute atomic E-state index is 0.00900. The van der Waals surface area contributed by atoms with Gasteiger partial charge in [-0.25, -0.2) is 9.98 Å². The number of allylic oxidation sites excluding steroid dienone is 2. The molecule has 0 saturated carbocycles. The van der Waals surface area contributed by atoms with Gasteiger partial charge in [0.15, 0.2) is 5.84 Å². The molecule has 27 heavy (non-hydrogen) atoms. The second kappa shape index (κ2) is 6.27. The fourth-order valence-electron chi connectivity index (χ4n) is 2.50. The average molecular weight is 428 g/mol. The molecular weight excluding hydrogens is 419 g/mol. The molecule has 0 fully saturated rings. The molecule has 1 aromatic rings.